The van der Waals surface area contributed by atoms with Crippen molar-refractivity contribution < 1.29 is 9.53 Å². The molecule has 1 aliphatic rings. The van der Waals surface area contributed by atoms with Gasteiger partial charge in [0.25, 0.3) is 5.91 Å². The van der Waals surface area contributed by atoms with Gasteiger partial charge in [0.2, 0.25) is 0 Å². The monoisotopic (exact) mass is 386 g/mol. The fourth-order valence-electron chi connectivity index (χ4n) is 2.89. The average molecular weight is 386 g/mol. The lowest BCUT2D eigenvalue weighted by molar-refractivity contribution is -0.115. The van der Waals surface area contributed by atoms with Crippen LogP contribution in [0.2, 0.25) is 0 Å². The normalized spacial score (nSPS) is 16.4. The third-order valence-electron chi connectivity index (χ3n) is 4.26. The van der Waals surface area contributed by atoms with Crippen LogP contribution in [0, 0.1) is 0 Å². The Morgan fingerprint density at radius 3 is 2.39 bits per heavy atom. The summed E-state index contributed by atoms with van der Waals surface area (Å²) >= 11 is 1.35. The number of amidine groups is 1. The highest BCUT2D eigenvalue weighted by Crippen LogP contribution is 2.31. The molecule has 1 N–H and O–H groups in total. The first-order valence-corrected chi connectivity index (χ1v) is 9.63. The summed E-state index contributed by atoms with van der Waals surface area (Å²) in [5, 5.41) is 3.41. The van der Waals surface area contributed by atoms with Crippen molar-refractivity contribution in [3.05, 3.63) is 89.3 Å². The summed E-state index contributed by atoms with van der Waals surface area (Å²) in [5.41, 5.74) is 3.87. The number of para-hydroxylation sites is 2. The van der Waals surface area contributed by atoms with Gasteiger partial charge in [-0.1, -0.05) is 60.7 Å². The number of carbonyl (C=O) groups excluding carboxylic acids is 1. The summed E-state index contributed by atoms with van der Waals surface area (Å²) in [6, 6.07) is 25.5. The lowest BCUT2D eigenvalue weighted by atomic mass is 10.0. The molecule has 0 saturated carbocycles. The molecule has 1 amide bonds. The summed E-state index contributed by atoms with van der Waals surface area (Å²) in [4.78, 5) is 17.3. The molecule has 4 nitrogen and oxygen atoms in total. The van der Waals surface area contributed by atoms with E-state index in [9.17, 15) is 4.79 Å². The quantitative estimate of drug-likeness (QED) is 0.623. The summed E-state index contributed by atoms with van der Waals surface area (Å²) in [7, 11) is 1.67. The summed E-state index contributed by atoms with van der Waals surface area (Å²) < 4.78 is 5.43. The van der Waals surface area contributed by atoms with Crippen molar-refractivity contribution in [1.82, 2.24) is 5.32 Å². The van der Waals surface area contributed by atoms with Crippen molar-refractivity contribution in [3.63, 3.8) is 0 Å². The van der Waals surface area contributed by atoms with E-state index in [-0.39, 0.29) is 5.91 Å². The third kappa shape index (κ3) is 4.00. The van der Waals surface area contributed by atoms with E-state index >= 15 is 0 Å². The number of amides is 1. The van der Waals surface area contributed by atoms with E-state index in [1.165, 1.54) is 11.8 Å². The van der Waals surface area contributed by atoms with Crippen LogP contribution in [0.3, 0.4) is 0 Å². The SMILES string of the molecule is COc1ccccc1-c1ccc(C=C2SC(=Nc3ccccc3)NC2=O)cc1. The summed E-state index contributed by atoms with van der Waals surface area (Å²) in [6.07, 6.45) is 1.87. The number of benzene rings is 3. The lowest BCUT2D eigenvalue weighted by Crippen LogP contribution is -2.19. The Labute approximate surface area is 168 Å². The van der Waals surface area contributed by atoms with E-state index in [2.05, 4.69) is 10.3 Å². The zero-order valence-corrected chi connectivity index (χ0v) is 16.1. The van der Waals surface area contributed by atoms with E-state index in [0.717, 1.165) is 28.1 Å². The minimum atomic E-state index is -0.131. The molecule has 28 heavy (non-hydrogen) atoms. The summed E-state index contributed by atoms with van der Waals surface area (Å²) in [6.45, 7) is 0. The number of nitrogens with one attached hydrogen (secondary N) is 1. The molecule has 5 heteroatoms. The zero-order chi connectivity index (χ0) is 19.3. The standard InChI is InChI=1S/C23H18N2O2S/c1-27-20-10-6-5-9-19(20)17-13-11-16(12-14-17)15-21-22(26)25-23(28-21)24-18-7-3-2-4-8-18/h2-15H,1H3,(H,24,25,26). The molecule has 3 aromatic carbocycles. The van der Waals surface area contributed by atoms with Crippen LogP contribution in [0.4, 0.5) is 5.69 Å². The van der Waals surface area contributed by atoms with E-state index in [4.69, 9.17) is 4.74 Å². The molecule has 1 heterocycles. The predicted molar refractivity (Wildman–Crippen MR) is 116 cm³/mol. The van der Waals surface area contributed by atoms with Crippen LogP contribution in [0.5, 0.6) is 5.75 Å². The fourth-order valence-corrected chi connectivity index (χ4v) is 3.74. The van der Waals surface area contributed by atoms with Gasteiger partial charge in [-0.05, 0) is 47.2 Å². The van der Waals surface area contributed by atoms with E-state index in [1.807, 2.05) is 84.9 Å². The maximum Gasteiger partial charge on any atom is 0.264 e. The molecule has 0 atom stereocenters. The number of rotatable bonds is 4. The van der Waals surface area contributed by atoms with Crippen LogP contribution in [0.25, 0.3) is 17.2 Å². The van der Waals surface area contributed by atoms with Crippen molar-refractivity contribution in [2.75, 3.05) is 7.11 Å². The minimum absolute atomic E-state index is 0.131. The van der Waals surface area contributed by atoms with Crippen LogP contribution >= 0.6 is 11.8 Å². The molecule has 1 fully saturated rings. The van der Waals surface area contributed by atoms with Gasteiger partial charge in [0.1, 0.15) is 5.75 Å². The van der Waals surface area contributed by atoms with Gasteiger partial charge < -0.3 is 10.1 Å². The highest BCUT2D eigenvalue weighted by molar-refractivity contribution is 8.18. The van der Waals surface area contributed by atoms with Gasteiger partial charge >= 0.3 is 0 Å². The van der Waals surface area contributed by atoms with Gasteiger partial charge in [-0.2, -0.15) is 0 Å². The lowest BCUT2D eigenvalue weighted by Gasteiger charge is -2.08. The van der Waals surface area contributed by atoms with Gasteiger partial charge in [0, 0.05) is 5.56 Å². The number of aliphatic imine (C=N–C) groups is 1. The smallest absolute Gasteiger partial charge is 0.264 e. The summed E-state index contributed by atoms with van der Waals surface area (Å²) in [5.74, 6) is 0.703. The van der Waals surface area contributed by atoms with E-state index < -0.39 is 0 Å². The fraction of sp³-hybridized carbons (Fsp3) is 0.0435. The Morgan fingerprint density at radius 2 is 1.64 bits per heavy atom. The first-order chi connectivity index (χ1) is 13.7. The van der Waals surface area contributed by atoms with Crippen molar-refractivity contribution in [2.45, 2.75) is 0 Å². The maximum atomic E-state index is 12.3. The molecule has 3 aromatic rings. The van der Waals surface area contributed by atoms with Crippen LogP contribution in [0.1, 0.15) is 5.56 Å². The molecule has 138 valence electrons. The Kier molecular flexibility index (Phi) is 5.26. The van der Waals surface area contributed by atoms with E-state index in [1.54, 1.807) is 7.11 Å². The van der Waals surface area contributed by atoms with Crippen LogP contribution in [0.15, 0.2) is 88.8 Å². The maximum absolute atomic E-state index is 12.3. The van der Waals surface area contributed by atoms with Crippen molar-refractivity contribution in [3.8, 4) is 16.9 Å². The van der Waals surface area contributed by atoms with Crippen molar-refractivity contribution in [2.24, 2.45) is 4.99 Å². The number of ether oxygens (including phenoxy) is 1. The molecular weight excluding hydrogens is 368 g/mol. The average Bonchev–Trinajstić information content (AvgIpc) is 3.08. The highest BCUT2D eigenvalue weighted by Gasteiger charge is 2.23. The van der Waals surface area contributed by atoms with Crippen molar-refractivity contribution in [1.29, 1.82) is 0 Å². The molecule has 0 unspecified atom stereocenters. The molecule has 0 aromatic heterocycles. The number of hydrogen-bond acceptors (Lipinski definition) is 4. The number of nitrogens with zero attached hydrogens (tertiary/aromatic N) is 1. The molecule has 1 saturated heterocycles. The van der Waals surface area contributed by atoms with Gasteiger partial charge in [0.15, 0.2) is 5.17 Å². The van der Waals surface area contributed by atoms with Gasteiger partial charge in [0.05, 0.1) is 17.7 Å². The second-order valence-electron chi connectivity index (χ2n) is 6.14. The van der Waals surface area contributed by atoms with E-state index in [0.29, 0.717) is 10.1 Å². The molecule has 0 aliphatic carbocycles. The number of hydrogen-bond donors (Lipinski definition) is 1. The number of thioether (sulfide) groups is 1. The van der Waals surface area contributed by atoms with Gasteiger partial charge in [-0.15, -0.1) is 0 Å². The number of carbonyl (C=O) groups is 1. The second kappa shape index (κ2) is 8.15. The third-order valence-corrected chi connectivity index (χ3v) is 5.17. The second-order valence-corrected chi connectivity index (χ2v) is 7.17. The first-order valence-electron chi connectivity index (χ1n) is 8.81. The van der Waals surface area contributed by atoms with Crippen LogP contribution in [-0.2, 0) is 4.79 Å². The Morgan fingerprint density at radius 1 is 0.929 bits per heavy atom. The molecule has 1 aliphatic heterocycles. The van der Waals surface area contributed by atoms with Gasteiger partial charge in [-0.3, -0.25) is 4.79 Å². The molecule has 4 rings (SSSR count). The Hall–Kier alpha value is -3.31. The number of methoxy groups -OCH3 is 1. The zero-order valence-electron chi connectivity index (χ0n) is 15.3. The highest BCUT2D eigenvalue weighted by atomic mass is 32.2. The first kappa shape index (κ1) is 18.1. The largest absolute Gasteiger partial charge is 0.496 e. The Bertz CT molecular complexity index is 1060. The predicted octanol–water partition coefficient (Wildman–Crippen LogP) is 5.25. The van der Waals surface area contributed by atoms with Crippen LogP contribution in [-0.4, -0.2) is 18.2 Å². The minimum Gasteiger partial charge on any atom is -0.496 e. The molecule has 0 bridgehead atoms. The molecule has 0 radical (unpaired) electrons. The van der Waals surface area contributed by atoms with Gasteiger partial charge in [-0.25, -0.2) is 4.99 Å². The van der Waals surface area contributed by atoms with Crippen LogP contribution < -0.4 is 10.1 Å². The molecular formula is C23H18N2O2S. The molecule has 0 spiro atoms. The Balaban J connectivity index is 1.54. The van der Waals surface area contributed by atoms with Crippen molar-refractivity contribution >= 4 is 34.6 Å². The topological polar surface area (TPSA) is 50.7 Å².